The van der Waals surface area contributed by atoms with Crippen molar-refractivity contribution in [1.29, 1.82) is 0 Å². The molecule has 2 atom stereocenters. The van der Waals surface area contributed by atoms with Gasteiger partial charge in [-0.3, -0.25) is 14.4 Å². The van der Waals surface area contributed by atoms with Crippen LogP contribution in [0.5, 0.6) is 0 Å². The number of likely N-dealkylation sites (tertiary alicyclic amines) is 1. The average Bonchev–Trinajstić information content (AvgIpc) is 3.16. The summed E-state index contributed by atoms with van der Waals surface area (Å²) in [5.74, 6) is 0.881. The second kappa shape index (κ2) is 6.03. The summed E-state index contributed by atoms with van der Waals surface area (Å²) >= 11 is 0. The zero-order valence-corrected chi connectivity index (χ0v) is 14.2. The molecule has 1 aliphatic carbocycles. The minimum atomic E-state index is 0.172. The molecule has 5 nitrogen and oxygen atoms in total. The molecule has 1 aromatic rings. The summed E-state index contributed by atoms with van der Waals surface area (Å²) in [7, 11) is 2.00. The van der Waals surface area contributed by atoms with E-state index in [-0.39, 0.29) is 5.91 Å². The third-order valence-electron chi connectivity index (χ3n) is 5.33. The fraction of sp³-hybridized carbons (Fsp3) is 0.765. The number of hydrogen-bond acceptors (Lipinski definition) is 3. The summed E-state index contributed by atoms with van der Waals surface area (Å²) in [6.07, 6.45) is 4.81. The number of hydrogen-bond donors (Lipinski definition) is 1. The Morgan fingerprint density at radius 2 is 2.09 bits per heavy atom. The molecule has 2 fully saturated rings. The van der Waals surface area contributed by atoms with E-state index in [2.05, 4.69) is 36.1 Å². The molecule has 5 heteroatoms. The van der Waals surface area contributed by atoms with Crippen molar-refractivity contribution in [3.63, 3.8) is 0 Å². The first kappa shape index (κ1) is 15.5. The van der Waals surface area contributed by atoms with Gasteiger partial charge in [-0.05, 0) is 58.9 Å². The highest BCUT2D eigenvalue weighted by Gasteiger charge is 2.33. The van der Waals surface area contributed by atoms with E-state index in [1.807, 2.05) is 11.7 Å². The monoisotopic (exact) mass is 304 g/mol. The number of nitrogens with zero attached hydrogens (tertiary/aromatic N) is 3. The van der Waals surface area contributed by atoms with E-state index in [1.54, 1.807) is 0 Å². The quantitative estimate of drug-likeness (QED) is 0.906. The predicted octanol–water partition coefficient (Wildman–Crippen LogP) is 2.09. The van der Waals surface area contributed by atoms with E-state index in [1.165, 1.54) is 24.1 Å². The Bertz CT molecular complexity index is 561. The van der Waals surface area contributed by atoms with E-state index < -0.39 is 0 Å². The molecule has 1 N–H and O–H groups in total. The standard InChI is InChI=1S/C17H28N4O/c1-11(14-7-8-14)18-16(22)10-21-9-5-6-15(21)17-12(2)19-20(4)13(17)3/h11,14-15H,5-10H2,1-4H3,(H,18,22)/t11-,15-/m0/s1. The highest BCUT2D eigenvalue weighted by atomic mass is 16.2. The summed E-state index contributed by atoms with van der Waals surface area (Å²) in [6.45, 7) is 7.85. The van der Waals surface area contributed by atoms with Crippen LogP contribution >= 0.6 is 0 Å². The van der Waals surface area contributed by atoms with Crippen LogP contribution < -0.4 is 5.32 Å². The molecular formula is C17H28N4O. The van der Waals surface area contributed by atoms with Crippen LogP contribution in [0.15, 0.2) is 0 Å². The summed E-state index contributed by atoms with van der Waals surface area (Å²) in [5.41, 5.74) is 3.65. The van der Waals surface area contributed by atoms with Gasteiger partial charge < -0.3 is 5.32 Å². The number of carbonyl (C=O) groups excluding carboxylic acids is 1. The molecule has 3 rings (SSSR count). The number of aromatic nitrogens is 2. The maximum absolute atomic E-state index is 12.3. The fourth-order valence-corrected chi connectivity index (χ4v) is 3.81. The zero-order chi connectivity index (χ0) is 15.9. The third kappa shape index (κ3) is 3.05. The smallest absolute Gasteiger partial charge is 0.234 e. The van der Waals surface area contributed by atoms with Crippen LogP contribution in [0.2, 0.25) is 0 Å². The molecule has 2 aliphatic rings. The first-order chi connectivity index (χ1) is 10.5. The molecule has 1 amide bonds. The summed E-state index contributed by atoms with van der Waals surface area (Å²) in [4.78, 5) is 14.6. The Kier molecular flexibility index (Phi) is 4.26. The second-order valence-corrected chi connectivity index (χ2v) is 7.03. The first-order valence-electron chi connectivity index (χ1n) is 8.51. The molecule has 122 valence electrons. The SMILES string of the molecule is Cc1nn(C)c(C)c1[C@@H]1CCCN1CC(=O)N[C@@H](C)C1CC1. The number of nitrogens with one attached hydrogen (secondary N) is 1. The lowest BCUT2D eigenvalue weighted by Gasteiger charge is -2.25. The highest BCUT2D eigenvalue weighted by molar-refractivity contribution is 5.78. The summed E-state index contributed by atoms with van der Waals surface area (Å²) in [5, 5.41) is 7.71. The van der Waals surface area contributed by atoms with Gasteiger partial charge in [0.2, 0.25) is 5.91 Å². The molecule has 0 spiro atoms. The Morgan fingerprint density at radius 1 is 1.36 bits per heavy atom. The normalized spacial score (nSPS) is 23.7. The number of rotatable bonds is 5. The maximum atomic E-state index is 12.3. The molecule has 2 heterocycles. The Hall–Kier alpha value is -1.36. The van der Waals surface area contributed by atoms with Crippen molar-refractivity contribution in [3.8, 4) is 0 Å². The van der Waals surface area contributed by atoms with E-state index in [4.69, 9.17) is 0 Å². The van der Waals surface area contributed by atoms with Gasteiger partial charge in [-0.25, -0.2) is 0 Å². The van der Waals surface area contributed by atoms with Crippen molar-refractivity contribution in [2.75, 3.05) is 13.1 Å². The average molecular weight is 304 g/mol. The van der Waals surface area contributed by atoms with Gasteiger partial charge in [0.1, 0.15) is 0 Å². The highest BCUT2D eigenvalue weighted by Crippen LogP contribution is 2.35. The van der Waals surface area contributed by atoms with Crippen LogP contribution in [0.4, 0.5) is 0 Å². The molecule has 0 unspecified atom stereocenters. The van der Waals surface area contributed by atoms with Crippen LogP contribution in [0, 0.1) is 19.8 Å². The number of amides is 1. The Balaban J connectivity index is 1.66. The fourth-order valence-electron chi connectivity index (χ4n) is 3.81. The van der Waals surface area contributed by atoms with E-state index in [0.717, 1.165) is 25.1 Å². The predicted molar refractivity (Wildman–Crippen MR) is 86.6 cm³/mol. The third-order valence-corrected chi connectivity index (χ3v) is 5.33. The molecular weight excluding hydrogens is 276 g/mol. The van der Waals surface area contributed by atoms with Crippen molar-refractivity contribution in [3.05, 3.63) is 17.0 Å². The van der Waals surface area contributed by atoms with Gasteiger partial charge in [-0.15, -0.1) is 0 Å². The summed E-state index contributed by atoms with van der Waals surface area (Å²) < 4.78 is 1.95. The molecule has 0 bridgehead atoms. The molecule has 1 saturated carbocycles. The molecule has 1 aliphatic heterocycles. The Labute approximate surface area is 133 Å². The lowest BCUT2D eigenvalue weighted by Crippen LogP contribution is -2.41. The van der Waals surface area contributed by atoms with E-state index in [0.29, 0.717) is 24.5 Å². The van der Waals surface area contributed by atoms with Crippen molar-refractivity contribution in [1.82, 2.24) is 20.0 Å². The van der Waals surface area contributed by atoms with Crippen LogP contribution in [0.1, 0.15) is 55.6 Å². The number of carbonyl (C=O) groups is 1. The first-order valence-corrected chi connectivity index (χ1v) is 8.51. The van der Waals surface area contributed by atoms with E-state index in [9.17, 15) is 4.79 Å². The largest absolute Gasteiger partial charge is 0.352 e. The van der Waals surface area contributed by atoms with Crippen LogP contribution in [-0.2, 0) is 11.8 Å². The van der Waals surface area contributed by atoms with Gasteiger partial charge in [0.25, 0.3) is 0 Å². The molecule has 0 aromatic carbocycles. The summed E-state index contributed by atoms with van der Waals surface area (Å²) in [6, 6.07) is 0.672. The van der Waals surface area contributed by atoms with Crippen LogP contribution in [-0.4, -0.2) is 39.7 Å². The zero-order valence-electron chi connectivity index (χ0n) is 14.2. The molecule has 22 heavy (non-hydrogen) atoms. The Morgan fingerprint density at radius 3 is 2.68 bits per heavy atom. The van der Waals surface area contributed by atoms with Gasteiger partial charge in [0.15, 0.2) is 0 Å². The van der Waals surface area contributed by atoms with Crippen LogP contribution in [0.3, 0.4) is 0 Å². The van der Waals surface area contributed by atoms with Crippen LogP contribution in [0.25, 0.3) is 0 Å². The van der Waals surface area contributed by atoms with Crippen molar-refractivity contribution >= 4 is 5.91 Å². The lowest BCUT2D eigenvalue weighted by atomic mass is 10.0. The van der Waals surface area contributed by atoms with Crippen molar-refractivity contribution in [2.45, 2.75) is 58.5 Å². The van der Waals surface area contributed by atoms with Gasteiger partial charge >= 0.3 is 0 Å². The second-order valence-electron chi connectivity index (χ2n) is 7.03. The van der Waals surface area contributed by atoms with Gasteiger partial charge in [-0.2, -0.15) is 5.10 Å². The lowest BCUT2D eigenvalue weighted by molar-refractivity contribution is -0.123. The topological polar surface area (TPSA) is 50.2 Å². The van der Waals surface area contributed by atoms with Gasteiger partial charge in [0.05, 0.1) is 12.2 Å². The van der Waals surface area contributed by atoms with Crippen molar-refractivity contribution < 1.29 is 4.79 Å². The maximum Gasteiger partial charge on any atom is 0.234 e. The van der Waals surface area contributed by atoms with Gasteiger partial charge in [0, 0.05) is 30.4 Å². The minimum absolute atomic E-state index is 0.172. The van der Waals surface area contributed by atoms with Gasteiger partial charge in [-0.1, -0.05) is 0 Å². The molecule has 1 saturated heterocycles. The van der Waals surface area contributed by atoms with Crippen molar-refractivity contribution in [2.24, 2.45) is 13.0 Å². The number of aryl methyl sites for hydroxylation is 2. The minimum Gasteiger partial charge on any atom is -0.352 e. The molecule has 0 radical (unpaired) electrons. The molecule has 1 aromatic heterocycles. The van der Waals surface area contributed by atoms with E-state index >= 15 is 0 Å².